The summed E-state index contributed by atoms with van der Waals surface area (Å²) in [5.74, 6) is 0.639. The van der Waals surface area contributed by atoms with Crippen molar-refractivity contribution >= 4 is 33.2 Å². The molecule has 3 aromatic heterocycles. The van der Waals surface area contributed by atoms with Crippen LogP contribution in [0.1, 0.15) is 17.6 Å². The number of anilines is 2. The number of nitrogens with zero attached hydrogens (tertiary/aromatic N) is 3. The van der Waals surface area contributed by atoms with Crippen LogP contribution >= 0.6 is 11.3 Å². The number of aryl methyl sites for hydroxylation is 1. The van der Waals surface area contributed by atoms with Gasteiger partial charge >= 0.3 is 0 Å². The van der Waals surface area contributed by atoms with E-state index in [1.165, 1.54) is 23.5 Å². The number of thiazole rings is 1. The van der Waals surface area contributed by atoms with E-state index in [9.17, 15) is 8.78 Å². The molecule has 31 heavy (non-hydrogen) atoms. The molecule has 0 unspecified atom stereocenters. The maximum absolute atomic E-state index is 12.8. The molecule has 0 saturated carbocycles. The fraction of sp³-hybridized carbons (Fsp3) is 0.0870. The first kappa shape index (κ1) is 19.3. The van der Waals surface area contributed by atoms with Gasteiger partial charge in [-0.1, -0.05) is 24.3 Å². The van der Waals surface area contributed by atoms with Crippen LogP contribution in [0.15, 0.2) is 66.3 Å². The van der Waals surface area contributed by atoms with Crippen molar-refractivity contribution in [2.75, 3.05) is 5.32 Å². The van der Waals surface area contributed by atoms with Crippen molar-refractivity contribution in [3.05, 3.63) is 77.4 Å². The standard InChI is InChI=1S/C23H17F2N5S/c1-13-9-18-19(28-22(27-18)15-6-4-14(5-7-15)21(24)25)10-17(13)29-23-30-20(12-31-23)16-3-2-8-26-11-16/h2-12,21H,1H3,(H,27,28)(H,29,30). The van der Waals surface area contributed by atoms with Crippen LogP contribution in [0.4, 0.5) is 19.6 Å². The van der Waals surface area contributed by atoms with Gasteiger partial charge in [-0.25, -0.2) is 18.7 Å². The Hall–Kier alpha value is -3.65. The van der Waals surface area contributed by atoms with Crippen molar-refractivity contribution in [3.63, 3.8) is 0 Å². The number of alkyl halides is 2. The van der Waals surface area contributed by atoms with E-state index < -0.39 is 6.43 Å². The normalized spacial score (nSPS) is 11.4. The maximum Gasteiger partial charge on any atom is 0.263 e. The van der Waals surface area contributed by atoms with Crippen LogP contribution < -0.4 is 5.32 Å². The third kappa shape index (κ3) is 3.89. The van der Waals surface area contributed by atoms with E-state index >= 15 is 0 Å². The Morgan fingerprint density at radius 2 is 1.87 bits per heavy atom. The van der Waals surface area contributed by atoms with E-state index in [-0.39, 0.29) is 5.56 Å². The van der Waals surface area contributed by atoms with Crippen molar-refractivity contribution in [3.8, 4) is 22.6 Å². The van der Waals surface area contributed by atoms with Crippen LogP contribution in [0.25, 0.3) is 33.7 Å². The molecule has 0 atom stereocenters. The predicted octanol–water partition coefficient (Wildman–Crippen LogP) is 6.74. The average Bonchev–Trinajstić information content (AvgIpc) is 3.42. The molecule has 0 amide bonds. The third-order valence-electron chi connectivity index (χ3n) is 4.97. The molecule has 0 radical (unpaired) electrons. The van der Waals surface area contributed by atoms with E-state index in [1.54, 1.807) is 24.5 Å². The molecular weight excluding hydrogens is 416 g/mol. The number of hydrogen-bond acceptors (Lipinski definition) is 5. The van der Waals surface area contributed by atoms with Crippen LogP contribution in [-0.2, 0) is 0 Å². The molecule has 0 spiro atoms. The molecule has 5 nitrogen and oxygen atoms in total. The first-order chi connectivity index (χ1) is 15.1. The second-order valence-corrected chi connectivity index (χ2v) is 7.96. The molecule has 2 aromatic carbocycles. The van der Waals surface area contributed by atoms with E-state index in [0.717, 1.165) is 44.2 Å². The Balaban J connectivity index is 1.43. The number of rotatable bonds is 5. The number of halogens is 2. The van der Waals surface area contributed by atoms with E-state index in [4.69, 9.17) is 0 Å². The number of pyridine rings is 1. The molecule has 0 saturated heterocycles. The number of benzene rings is 2. The van der Waals surface area contributed by atoms with Crippen molar-refractivity contribution in [1.82, 2.24) is 19.9 Å². The molecule has 0 aliphatic heterocycles. The average molecular weight is 433 g/mol. The molecule has 0 aliphatic carbocycles. The van der Waals surface area contributed by atoms with Gasteiger partial charge in [0, 0.05) is 40.2 Å². The number of nitrogens with one attached hydrogen (secondary N) is 2. The summed E-state index contributed by atoms with van der Waals surface area (Å²) in [5.41, 5.74) is 6.20. The highest BCUT2D eigenvalue weighted by Gasteiger charge is 2.12. The Morgan fingerprint density at radius 3 is 2.61 bits per heavy atom. The lowest BCUT2D eigenvalue weighted by Crippen LogP contribution is -1.93. The van der Waals surface area contributed by atoms with Crippen LogP contribution in [-0.4, -0.2) is 19.9 Å². The van der Waals surface area contributed by atoms with Crippen LogP contribution in [0.2, 0.25) is 0 Å². The molecule has 0 bridgehead atoms. The zero-order valence-electron chi connectivity index (χ0n) is 16.4. The molecule has 0 fully saturated rings. The monoisotopic (exact) mass is 433 g/mol. The number of hydrogen-bond donors (Lipinski definition) is 2. The lowest BCUT2D eigenvalue weighted by molar-refractivity contribution is 0.151. The Labute approximate surface area is 180 Å². The summed E-state index contributed by atoms with van der Waals surface area (Å²) in [5, 5.41) is 6.14. The highest BCUT2D eigenvalue weighted by atomic mass is 32.1. The van der Waals surface area contributed by atoms with Gasteiger partial charge in [0.25, 0.3) is 6.43 Å². The summed E-state index contributed by atoms with van der Waals surface area (Å²) in [6, 6.07) is 14.0. The maximum atomic E-state index is 12.8. The zero-order valence-corrected chi connectivity index (χ0v) is 17.3. The summed E-state index contributed by atoms with van der Waals surface area (Å²) in [4.78, 5) is 16.7. The number of imidazole rings is 1. The molecule has 8 heteroatoms. The number of H-pyrrole nitrogens is 1. The predicted molar refractivity (Wildman–Crippen MR) is 120 cm³/mol. The molecule has 3 heterocycles. The fourth-order valence-electron chi connectivity index (χ4n) is 3.32. The quantitative estimate of drug-likeness (QED) is 0.322. The second-order valence-electron chi connectivity index (χ2n) is 7.10. The minimum absolute atomic E-state index is 0.00343. The van der Waals surface area contributed by atoms with Gasteiger partial charge in [0.1, 0.15) is 5.82 Å². The van der Waals surface area contributed by atoms with E-state index in [0.29, 0.717) is 5.82 Å². The molecule has 154 valence electrons. The first-order valence-corrected chi connectivity index (χ1v) is 10.5. The lowest BCUT2D eigenvalue weighted by atomic mass is 10.1. The van der Waals surface area contributed by atoms with Gasteiger partial charge in [-0.05, 0) is 36.8 Å². The molecule has 5 rings (SSSR count). The number of aromatic amines is 1. The SMILES string of the molecule is Cc1cc2[nH]c(-c3ccc(C(F)F)cc3)nc2cc1Nc1nc(-c2cccnc2)cs1. The van der Waals surface area contributed by atoms with Crippen molar-refractivity contribution in [2.45, 2.75) is 13.3 Å². The van der Waals surface area contributed by atoms with Gasteiger partial charge in [0.05, 0.1) is 16.7 Å². The summed E-state index contributed by atoms with van der Waals surface area (Å²) < 4.78 is 25.6. The highest BCUT2D eigenvalue weighted by Crippen LogP contribution is 2.31. The Morgan fingerprint density at radius 1 is 1.03 bits per heavy atom. The van der Waals surface area contributed by atoms with Gasteiger partial charge in [0.15, 0.2) is 5.13 Å². The zero-order chi connectivity index (χ0) is 21.4. The second kappa shape index (κ2) is 7.88. The number of aromatic nitrogens is 4. The molecule has 5 aromatic rings. The Bertz CT molecular complexity index is 1340. The van der Waals surface area contributed by atoms with Crippen LogP contribution in [0.3, 0.4) is 0 Å². The Kier molecular flexibility index (Phi) is 4.91. The summed E-state index contributed by atoms with van der Waals surface area (Å²) in [6.45, 7) is 2.01. The van der Waals surface area contributed by atoms with Gasteiger partial charge in [0.2, 0.25) is 0 Å². The van der Waals surface area contributed by atoms with Crippen molar-refractivity contribution in [1.29, 1.82) is 0 Å². The highest BCUT2D eigenvalue weighted by molar-refractivity contribution is 7.14. The van der Waals surface area contributed by atoms with E-state index in [2.05, 4.69) is 25.3 Å². The number of fused-ring (bicyclic) bond motifs is 1. The summed E-state index contributed by atoms with van der Waals surface area (Å²) in [6.07, 6.45) is 1.04. The van der Waals surface area contributed by atoms with Gasteiger partial charge in [-0.15, -0.1) is 11.3 Å². The topological polar surface area (TPSA) is 66.5 Å². The largest absolute Gasteiger partial charge is 0.338 e. The van der Waals surface area contributed by atoms with Gasteiger partial charge in [-0.3, -0.25) is 4.98 Å². The lowest BCUT2D eigenvalue weighted by Gasteiger charge is -2.06. The first-order valence-electron chi connectivity index (χ1n) is 9.58. The fourth-order valence-corrected chi connectivity index (χ4v) is 4.05. The summed E-state index contributed by atoms with van der Waals surface area (Å²) in [7, 11) is 0. The molecule has 0 aliphatic rings. The summed E-state index contributed by atoms with van der Waals surface area (Å²) >= 11 is 1.52. The minimum atomic E-state index is -2.48. The minimum Gasteiger partial charge on any atom is -0.338 e. The van der Waals surface area contributed by atoms with Gasteiger partial charge in [-0.2, -0.15) is 0 Å². The van der Waals surface area contributed by atoms with Gasteiger partial charge < -0.3 is 10.3 Å². The van der Waals surface area contributed by atoms with Crippen LogP contribution in [0, 0.1) is 6.92 Å². The van der Waals surface area contributed by atoms with Crippen molar-refractivity contribution < 1.29 is 8.78 Å². The van der Waals surface area contributed by atoms with Crippen LogP contribution in [0.5, 0.6) is 0 Å². The molecule has 2 N–H and O–H groups in total. The third-order valence-corrected chi connectivity index (χ3v) is 5.72. The molecular formula is C23H17F2N5S. The van der Waals surface area contributed by atoms with E-state index in [1.807, 2.05) is 36.6 Å². The van der Waals surface area contributed by atoms with Crippen molar-refractivity contribution in [2.24, 2.45) is 0 Å². The smallest absolute Gasteiger partial charge is 0.263 e.